The van der Waals surface area contributed by atoms with E-state index in [1.165, 1.54) is 0 Å². The first-order chi connectivity index (χ1) is 14.5. The Labute approximate surface area is 208 Å². The van der Waals surface area contributed by atoms with E-state index in [9.17, 15) is 9.90 Å². The summed E-state index contributed by atoms with van der Waals surface area (Å²) >= 11 is 0. The van der Waals surface area contributed by atoms with Gasteiger partial charge in [0.2, 0.25) is 0 Å². The zero-order valence-corrected chi connectivity index (χ0v) is 26.5. The fraction of sp³-hybridized carbons (Fsp3) is 0.889. The molecule has 0 aromatic heterocycles. The molecular weight excluding hydrogens is 444 g/mol. The minimum atomic E-state index is -2.03. The van der Waals surface area contributed by atoms with E-state index in [1.54, 1.807) is 6.08 Å². The van der Waals surface area contributed by atoms with Crippen molar-refractivity contribution >= 4 is 22.4 Å². The van der Waals surface area contributed by atoms with Crippen molar-refractivity contribution in [2.45, 2.75) is 137 Å². The number of carbonyl (C=O) groups excluding carboxylic acids is 1. The van der Waals surface area contributed by atoms with Crippen LogP contribution in [-0.2, 0) is 13.6 Å². The zero-order chi connectivity index (χ0) is 26.6. The highest BCUT2D eigenvalue weighted by atomic mass is 28.4. The Hall–Kier alpha value is -0.276. The molecule has 0 aliphatic heterocycles. The average Bonchev–Trinajstić information content (AvgIpc) is 2.61. The number of hydrogen-bond donors (Lipinski definition) is 1. The fourth-order valence-electron chi connectivity index (χ4n) is 3.15. The molecule has 4 nitrogen and oxygen atoms in total. The molecule has 0 heterocycles. The topological polar surface area (TPSA) is 55.8 Å². The van der Waals surface area contributed by atoms with Gasteiger partial charge < -0.3 is 14.0 Å². The highest BCUT2D eigenvalue weighted by Crippen LogP contribution is 2.42. The molecule has 0 aliphatic carbocycles. The van der Waals surface area contributed by atoms with Crippen LogP contribution in [0.5, 0.6) is 0 Å². The van der Waals surface area contributed by atoms with Gasteiger partial charge in [0.15, 0.2) is 16.6 Å². The van der Waals surface area contributed by atoms with Crippen molar-refractivity contribution < 1.29 is 18.8 Å². The summed E-state index contributed by atoms with van der Waals surface area (Å²) in [6.07, 6.45) is 3.24. The number of aliphatic hydroxyl groups is 1. The third kappa shape index (κ3) is 10.1. The van der Waals surface area contributed by atoms with Crippen LogP contribution in [0, 0.1) is 17.8 Å². The summed E-state index contributed by atoms with van der Waals surface area (Å²) < 4.78 is 13.7. The first-order valence-electron chi connectivity index (χ1n) is 12.8. The van der Waals surface area contributed by atoms with Crippen molar-refractivity contribution in [2.24, 2.45) is 17.8 Å². The summed E-state index contributed by atoms with van der Waals surface area (Å²) in [7, 11) is -3.94. The smallest absolute Gasteiger partial charge is 0.192 e. The molecule has 0 radical (unpaired) electrons. The van der Waals surface area contributed by atoms with E-state index < -0.39 is 22.7 Å². The van der Waals surface area contributed by atoms with Crippen molar-refractivity contribution in [3.63, 3.8) is 0 Å². The predicted octanol–water partition coefficient (Wildman–Crippen LogP) is 7.59. The van der Waals surface area contributed by atoms with Crippen molar-refractivity contribution in [1.82, 2.24) is 0 Å². The highest BCUT2D eigenvalue weighted by Gasteiger charge is 2.44. The van der Waals surface area contributed by atoms with Crippen LogP contribution in [0.25, 0.3) is 0 Å². The molecule has 0 spiro atoms. The lowest BCUT2D eigenvalue weighted by atomic mass is 9.89. The molecule has 0 rings (SSSR count). The third-order valence-corrected chi connectivity index (χ3v) is 17.0. The van der Waals surface area contributed by atoms with E-state index in [0.717, 1.165) is 0 Å². The SMILES string of the molecule is CC(C)C(=O)C[C@H](O)/C=C\[C@H](C)[C@H](O[Si](C)(C)C(C)(C)C)[C@@H](C)[C@H](C)O[Si](C)(C)C(C)(C)C. The van der Waals surface area contributed by atoms with Gasteiger partial charge in [0.1, 0.15) is 5.78 Å². The van der Waals surface area contributed by atoms with Crippen LogP contribution in [0.3, 0.4) is 0 Å². The second-order valence-electron chi connectivity index (χ2n) is 13.4. The third-order valence-electron chi connectivity index (χ3n) is 7.99. The van der Waals surface area contributed by atoms with E-state index in [1.807, 2.05) is 19.9 Å². The van der Waals surface area contributed by atoms with Gasteiger partial charge in [0.05, 0.1) is 12.2 Å². The van der Waals surface area contributed by atoms with Crippen LogP contribution >= 0.6 is 0 Å². The minimum Gasteiger partial charge on any atom is -0.414 e. The van der Waals surface area contributed by atoms with Gasteiger partial charge in [-0.2, -0.15) is 0 Å². The molecule has 0 saturated heterocycles. The summed E-state index contributed by atoms with van der Waals surface area (Å²) in [5.74, 6) is 0.290. The molecule has 6 heteroatoms. The summed E-state index contributed by atoms with van der Waals surface area (Å²) in [5.41, 5.74) is 0. The molecule has 5 atom stereocenters. The second-order valence-corrected chi connectivity index (χ2v) is 22.9. The molecule has 0 bridgehead atoms. The largest absolute Gasteiger partial charge is 0.414 e. The summed E-state index contributed by atoms with van der Waals surface area (Å²) in [4.78, 5) is 12.0. The summed E-state index contributed by atoms with van der Waals surface area (Å²) in [6.45, 7) is 33.1. The van der Waals surface area contributed by atoms with Crippen LogP contribution in [0.4, 0.5) is 0 Å². The Morgan fingerprint density at radius 2 is 1.24 bits per heavy atom. The predicted molar refractivity (Wildman–Crippen MR) is 148 cm³/mol. The maximum Gasteiger partial charge on any atom is 0.192 e. The molecule has 0 amide bonds. The molecule has 33 heavy (non-hydrogen) atoms. The molecule has 0 aliphatic rings. The summed E-state index contributed by atoms with van der Waals surface area (Å²) in [5, 5.41) is 10.6. The Balaban J connectivity index is 5.81. The van der Waals surface area contributed by atoms with Gasteiger partial charge in [0, 0.05) is 24.4 Å². The molecular formula is C27H56O4Si2. The van der Waals surface area contributed by atoms with Gasteiger partial charge in [-0.3, -0.25) is 4.79 Å². The number of aliphatic hydroxyl groups excluding tert-OH is 1. The van der Waals surface area contributed by atoms with Gasteiger partial charge in [-0.05, 0) is 49.1 Å². The first-order valence-corrected chi connectivity index (χ1v) is 18.6. The molecule has 0 aromatic carbocycles. The van der Waals surface area contributed by atoms with Crippen LogP contribution < -0.4 is 0 Å². The van der Waals surface area contributed by atoms with E-state index in [2.05, 4.69) is 88.5 Å². The molecule has 0 saturated carbocycles. The Morgan fingerprint density at radius 1 is 0.818 bits per heavy atom. The number of hydrogen-bond acceptors (Lipinski definition) is 4. The maximum atomic E-state index is 12.0. The first kappa shape index (κ1) is 32.7. The number of Topliss-reactive ketones (excluding diaryl/α,β-unsaturated/α-hetero) is 1. The minimum absolute atomic E-state index is 0.0325. The molecule has 0 aromatic rings. The Bertz CT molecular complexity index is 641. The van der Waals surface area contributed by atoms with Gasteiger partial charge in [-0.15, -0.1) is 0 Å². The van der Waals surface area contributed by atoms with Crippen molar-refractivity contribution in [3.05, 3.63) is 12.2 Å². The molecule has 0 fully saturated rings. The van der Waals surface area contributed by atoms with Gasteiger partial charge in [-0.1, -0.05) is 81.4 Å². The standard InChI is InChI=1S/C27H56O4Si2/c1-19(2)24(29)18-23(28)17-16-20(3)25(31-33(14,15)27(9,10)11)21(4)22(5)30-32(12,13)26(6,7)8/h16-17,19-23,25,28H,18H2,1-15H3/b17-16-/t20-,21-,22-,23+,25-/m0/s1. The monoisotopic (exact) mass is 500 g/mol. The van der Waals surface area contributed by atoms with Crippen LogP contribution in [0.15, 0.2) is 12.2 Å². The van der Waals surface area contributed by atoms with E-state index in [0.29, 0.717) is 0 Å². The maximum absolute atomic E-state index is 12.0. The quantitative estimate of drug-likeness (QED) is 0.221. The zero-order valence-electron chi connectivity index (χ0n) is 24.5. The van der Waals surface area contributed by atoms with Crippen LogP contribution in [0.1, 0.15) is 82.6 Å². The van der Waals surface area contributed by atoms with E-state index in [-0.39, 0.29) is 52.2 Å². The van der Waals surface area contributed by atoms with Crippen LogP contribution in [-0.4, -0.2) is 45.8 Å². The lowest BCUT2D eigenvalue weighted by Gasteiger charge is -2.45. The lowest BCUT2D eigenvalue weighted by Crippen LogP contribution is -2.51. The van der Waals surface area contributed by atoms with Crippen LogP contribution in [0.2, 0.25) is 36.3 Å². The highest BCUT2D eigenvalue weighted by molar-refractivity contribution is 6.74. The average molecular weight is 501 g/mol. The molecule has 196 valence electrons. The van der Waals surface area contributed by atoms with Gasteiger partial charge in [0.25, 0.3) is 0 Å². The fourth-order valence-corrected chi connectivity index (χ4v) is 6.11. The number of carbonyl (C=O) groups is 1. The van der Waals surface area contributed by atoms with E-state index in [4.69, 9.17) is 8.85 Å². The normalized spacial score (nSPS) is 18.9. The lowest BCUT2D eigenvalue weighted by molar-refractivity contribution is -0.123. The Kier molecular flexibility index (Phi) is 12.0. The van der Waals surface area contributed by atoms with Gasteiger partial charge >= 0.3 is 0 Å². The number of ketones is 1. The van der Waals surface area contributed by atoms with E-state index >= 15 is 0 Å². The summed E-state index contributed by atoms with van der Waals surface area (Å²) in [6, 6.07) is 0. The van der Waals surface area contributed by atoms with Gasteiger partial charge in [-0.25, -0.2) is 0 Å². The molecule has 1 N–H and O–H groups in total. The Morgan fingerprint density at radius 3 is 1.64 bits per heavy atom. The van der Waals surface area contributed by atoms with Crippen molar-refractivity contribution in [3.8, 4) is 0 Å². The van der Waals surface area contributed by atoms with Crippen molar-refractivity contribution in [2.75, 3.05) is 0 Å². The van der Waals surface area contributed by atoms with Crippen molar-refractivity contribution in [1.29, 1.82) is 0 Å². The molecule has 0 unspecified atom stereocenters. The second kappa shape index (κ2) is 12.1. The number of rotatable bonds is 12.